The van der Waals surface area contributed by atoms with Crippen LogP contribution in [0.25, 0.3) is 0 Å². The molecule has 0 aliphatic carbocycles. The minimum absolute atomic E-state index is 0.143. The fourth-order valence-corrected chi connectivity index (χ4v) is 2.48. The van der Waals surface area contributed by atoms with Crippen LogP contribution in [0.4, 0.5) is 0 Å². The Labute approximate surface area is 118 Å². The standard InChI is InChI=1S/C13H23N5O2/c1-2-4-12(19)15-10-5-3-6-18(8-10)9-11-16-13(7-14)20-17-11/h10H,2-9,14H2,1H3,(H,15,19). The third kappa shape index (κ3) is 4.28. The quantitative estimate of drug-likeness (QED) is 0.784. The van der Waals surface area contributed by atoms with Crippen LogP contribution >= 0.6 is 0 Å². The predicted octanol–water partition coefficient (Wildman–Crippen LogP) is 0.409. The van der Waals surface area contributed by atoms with Crippen LogP contribution in [-0.4, -0.2) is 40.1 Å². The molecule has 112 valence electrons. The van der Waals surface area contributed by atoms with Crippen molar-refractivity contribution >= 4 is 5.91 Å². The monoisotopic (exact) mass is 281 g/mol. The highest BCUT2D eigenvalue weighted by Crippen LogP contribution is 2.13. The lowest BCUT2D eigenvalue weighted by Crippen LogP contribution is -2.47. The first kappa shape index (κ1) is 14.9. The van der Waals surface area contributed by atoms with Gasteiger partial charge in [0.05, 0.1) is 13.1 Å². The van der Waals surface area contributed by atoms with Crippen LogP contribution < -0.4 is 11.1 Å². The van der Waals surface area contributed by atoms with Crippen molar-refractivity contribution in [3.8, 4) is 0 Å². The maximum atomic E-state index is 11.6. The summed E-state index contributed by atoms with van der Waals surface area (Å²) in [6.45, 7) is 4.75. The highest BCUT2D eigenvalue weighted by atomic mass is 16.5. The van der Waals surface area contributed by atoms with Crippen LogP contribution in [0.1, 0.15) is 44.3 Å². The van der Waals surface area contributed by atoms with Gasteiger partial charge in [-0.15, -0.1) is 0 Å². The molecule has 1 amide bonds. The summed E-state index contributed by atoms with van der Waals surface area (Å²) in [6, 6.07) is 0.226. The van der Waals surface area contributed by atoms with Crippen molar-refractivity contribution in [3.63, 3.8) is 0 Å². The average Bonchev–Trinajstić information content (AvgIpc) is 2.87. The van der Waals surface area contributed by atoms with Gasteiger partial charge >= 0.3 is 0 Å². The van der Waals surface area contributed by atoms with Gasteiger partial charge in [0, 0.05) is 19.0 Å². The van der Waals surface area contributed by atoms with Gasteiger partial charge in [-0.2, -0.15) is 4.98 Å². The van der Waals surface area contributed by atoms with Gasteiger partial charge in [-0.25, -0.2) is 0 Å². The number of aromatic nitrogens is 2. The van der Waals surface area contributed by atoms with E-state index in [0.717, 1.165) is 32.4 Å². The van der Waals surface area contributed by atoms with Crippen molar-refractivity contribution in [1.82, 2.24) is 20.4 Å². The highest BCUT2D eigenvalue weighted by Gasteiger charge is 2.22. The SMILES string of the molecule is CCCC(=O)NC1CCCN(Cc2noc(CN)n2)C1. The van der Waals surface area contributed by atoms with Crippen LogP contribution in [0, 0.1) is 0 Å². The summed E-state index contributed by atoms with van der Waals surface area (Å²) in [5, 5.41) is 6.99. The number of nitrogens with zero attached hydrogens (tertiary/aromatic N) is 3. The summed E-state index contributed by atoms with van der Waals surface area (Å²) in [5.74, 6) is 1.26. The summed E-state index contributed by atoms with van der Waals surface area (Å²) >= 11 is 0. The lowest BCUT2D eigenvalue weighted by Gasteiger charge is -2.32. The number of piperidine rings is 1. The Kier molecular flexibility index (Phi) is 5.49. The van der Waals surface area contributed by atoms with E-state index in [9.17, 15) is 4.79 Å². The highest BCUT2D eigenvalue weighted by molar-refractivity contribution is 5.76. The normalized spacial score (nSPS) is 20.0. The van der Waals surface area contributed by atoms with E-state index >= 15 is 0 Å². The molecule has 0 bridgehead atoms. The lowest BCUT2D eigenvalue weighted by atomic mass is 10.1. The zero-order valence-corrected chi connectivity index (χ0v) is 12.0. The molecule has 0 saturated carbocycles. The second-order valence-corrected chi connectivity index (χ2v) is 5.20. The zero-order chi connectivity index (χ0) is 14.4. The number of hydrogen-bond donors (Lipinski definition) is 2. The molecule has 2 rings (SSSR count). The first-order valence-corrected chi connectivity index (χ1v) is 7.24. The van der Waals surface area contributed by atoms with Crippen LogP contribution in [0.3, 0.4) is 0 Å². The van der Waals surface area contributed by atoms with Crippen molar-refractivity contribution in [1.29, 1.82) is 0 Å². The Balaban J connectivity index is 1.82. The number of rotatable bonds is 6. The maximum absolute atomic E-state index is 11.6. The molecule has 0 aromatic carbocycles. The van der Waals surface area contributed by atoms with E-state index in [1.807, 2.05) is 6.92 Å². The van der Waals surface area contributed by atoms with Gasteiger partial charge in [0.2, 0.25) is 11.8 Å². The molecule has 3 N–H and O–H groups in total. The van der Waals surface area contributed by atoms with Crippen LogP contribution in [0.2, 0.25) is 0 Å². The van der Waals surface area contributed by atoms with E-state index in [2.05, 4.69) is 20.4 Å². The van der Waals surface area contributed by atoms with Crippen LogP contribution in [-0.2, 0) is 17.9 Å². The topological polar surface area (TPSA) is 97.3 Å². The van der Waals surface area contributed by atoms with Crippen molar-refractivity contribution in [2.24, 2.45) is 5.73 Å². The van der Waals surface area contributed by atoms with Crippen LogP contribution in [0.15, 0.2) is 4.52 Å². The largest absolute Gasteiger partial charge is 0.352 e. The molecule has 0 spiro atoms. The van der Waals surface area contributed by atoms with Gasteiger partial charge in [-0.1, -0.05) is 12.1 Å². The van der Waals surface area contributed by atoms with Gasteiger partial charge in [0.15, 0.2) is 5.82 Å². The summed E-state index contributed by atoms with van der Waals surface area (Å²) < 4.78 is 5.00. The molecule has 7 heteroatoms. The van der Waals surface area contributed by atoms with Crippen molar-refractivity contribution in [2.45, 2.75) is 51.7 Å². The second kappa shape index (κ2) is 7.35. The lowest BCUT2D eigenvalue weighted by molar-refractivity contribution is -0.122. The minimum Gasteiger partial charge on any atom is -0.352 e. The van der Waals surface area contributed by atoms with Crippen molar-refractivity contribution in [2.75, 3.05) is 13.1 Å². The van der Waals surface area contributed by atoms with E-state index in [1.165, 1.54) is 0 Å². The Morgan fingerprint density at radius 3 is 3.15 bits per heavy atom. The fraction of sp³-hybridized carbons (Fsp3) is 0.769. The van der Waals surface area contributed by atoms with Gasteiger partial charge in [0.1, 0.15) is 0 Å². The number of likely N-dealkylation sites (tertiary alicyclic amines) is 1. The number of nitrogens with one attached hydrogen (secondary N) is 1. The Hall–Kier alpha value is -1.47. The van der Waals surface area contributed by atoms with Crippen molar-refractivity contribution in [3.05, 3.63) is 11.7 Å². The third-order valence-corrected chi connectivity index (χ3v) is 3.40. The van der Waals surface area contributed by atoms with Gasteiger partial charge in [-0.05, 0) is 25.8 Å². The summed E-state index contributed by atoms with van der Waals surface area (Å²) in [5.41, 5.74) is 5.44. The molecular formula is C13H23N5O2. The molecule has 1 aromatic rings. The van der Waals surface area contributed by atoms with E-state index < -0.39 is 0 Å². The number of hydrogen-bond acceptors (Lipinski definition) is 6. The molecule has 1 saturated heterocycles. The average molecular weight is 281 g/mol. The minimum atomic E-state index is 0.143. The van der Waals surface area contributed by atoms with E-state index in [-0.39, 0.29) is 18.5 Å². The molecule has 0 radical (unpaired) electrons. The Morgan fingerprint density at radius 2 is 2.45 bits per heavy atom. The molecule has 1 aromatic heterocycles. The first-order chi connectivity index (χ1) is 9.71. The summed E-state index contributed by atoms with van der Waals surface area (Å²) in [7, 11) is 0. The van der Waals surface area contributed by atoms with Crippen LogP contribution in [0.5, 0.6) is 0 Å². The Morgan fingerprint density at radius 1 is 1.60 bits per heavy atom. The predicted molar refractivity (Wildman–Crippen MR) is 73.5 cm³/mol. The number of carbonyl (C=O) groups is 1. The van der Waals surface area contributed by atoms with E-state index in [1.54, 1.807) is 0 Å². The molecule has 2 heterocycles. The molecule has 1 unspecified atom stereocenters. The molecule has 7 nitrogen and oxygen atoms in total. The van der Waals surface area contributed by atoms with Gasteiger partial charge in [0.25, 0.3) is 0 Å². The fourth-order valence-electron chi connectivity index (χ4n) is 2.48. The first-order valence-electron chi connectivity index (χ1n) is 7.24. The van der Waals surface area contributed by atoms with Crippen molar-refractivity contribution < 1.29 is 9.32 Å². The number of carbonyl (C=O) groups excluding carboxylic acids is 1. The molecular weight excluding hydrogens is 258 g/mol. The summed E-state index contributed by atoms with van der Waals surface area (Å²) in [4.78, 5) is 18.1. The molecule has 1 atom stereocenters. The molecule has 1 fully saturated rings. The number of amides is 1. The maximum Gasteiger partial charge on any atom is 0.240 e. The number of nitrogens with two attached hydrogens (primary N) is 1. The smallest absolute Gasteiger partial charge is 0.240 e. The molecule has 20 heavy (non-hydrogen) atoms. The third-order valence-electron chi connectivity index (χ3n) is 3.40. The molecule has 1 aliphatic rings. The van der Waals surface area contributed by atoms with Gasteiger partial charge < -0.3 is 15.6 Å². The van der Waals surface area contributed by atoms with E-state index in [0.29, 0.717) is 24.7 Å². The summed E-state index contributed by atoms with van der Waals surface area (Å²) in [6.07, 6.45) is 3.58. The van der Waals surface area contributed by atoms with Gasteiger partial charge in [-0.3, -0.25) is 9.69 Å². The second-order valence-electron chi connectivity index (χ2n) is 5.20. The van der Waals surface area contributed by atoms with E-state index in [4.69, 9.17) is 10.3 Å². The zero-order valence-electron chi connectivity index (χ0n) is 12.0. The Bertz CT molecular complexity index is 434. The molecule has 1 aliphatic heterocycles.